The van der Waals surface area contributed by atoms with Crippen LogP contribution in [0.2, 0.25) is 0 Å². The molecule has 3 rings (SSSR count). The largest absolute Gasteiger partial charge is 0.490 e. The minimum Gasteiger partial charge on any atom is -0.490 e. The number of rotatable bonds is 9. The molecule has 0 unspecified atom stereocenters. The Bertz CT molecular complexity index is 879. The van der Waals surface area contributed by atoms with Crippen LogP contribution in [0.4, 0.5) is 5.69 Å². The van der Waals surface area contributed by atoms with Crippen LogP contribution in [0.15, 0.2) is 48.5 Å². The fourth-order valence-electron chi connectivity index (χ4n) is 3.70. The van der Waals surface area contributed by atoms with Crippen molar-refractivity contribution in [1.82, 2.24) is 4.90 Å². The first-order valence-electron chi connectivity index (χ1n) is 10.9. The molecule has 0 aliphatic carbocycles. The zero-order chi connectivity index (χ0) is 22.1. The Morgan fingerprint density at radius 2 is 1.61 bits per heavy atom. The summed E-state index contributed by atoms with van der Waals surface area (Å²) in [5, 5.41) is 3.02. The monoisotopic (exact) mass is 426 g/mol. The van der Waals surface area contributed by atoms with Crippen molar-refractivity contribution < 1.29 is 24.0 Å². The number of amides is 2. The van der Waals surface area contributed by atoms with Crippen LogP contribution in [0.3, 0.4) is 0 Å². The second kappa shape index (κ2) is 11.4. The van der Waals surface area contributed by atoms with Gasteiger partial charge in [-0.3, -0.25) is 9.59 Å². The van der Waals surface area contributed by atoms with Crippen molar-refractivity contribution in [3.8, 4) is 11.5 Å². The smallest absolute Gasteiger partial charge is 0.279 e. The molecular formula is C24H32N3O4+. The SMILES string of the molecule is CCOc1ccccc1OCC(=O)N1CC[NH+](CC(=O)Nc2ccccc2CC)CC1. The van der Waals surface area contributed by atoms with Crippen molar-refractivity contribution >= 4 is 17.5 Å². The van der Waals surface area contributed by atoms with E-state index in [1.54, 1.807) is 11.0 Å². The normalized spacial score (nSPS) is 14.2. The Hall–Kier alpha value is -3.06. The fourth-order valence-corrected chi connectivity index (χ4v) is 3.70. The molecule has 0 aromatic heterocycles. The zero-order valence-corrected chi connectivity index (χ0v) is 18.4. The number of hydrogen-bond acceptors (Lipinski definition) is 4. The number of ether oxygens (including phenoxy) is 2. The van der Waals surface area contributed by atoms with E-state index in [0.717, 1.165) is 30.8 Å². The van der Waals surface area contributed by atoms with Gasteiger partial charge in [-0.15, -0.1) is 0 Å². The maximum atomic E-state index is 12.6. The highest BCUT2D eigenvalue weighted by atomic mass is 16.5. The van der Waals surface area contributed by atoms with Gasteiger partial charge in [-0.25, -0.2) is 0 Å². The molecule has 2 amide bonds. The van der Waals surface area contributed by atoms with Crippen LogP contribution in [-0.2, 0) is 16.0 Å². The lowest BCUT2D eigenvalue weighted by atomic mass is 10.1. The Morgan fingerprint density at radius 1 is 0.968 bits per heavy atom. The number of anilines is 1. The molecule has 2 aromatic rings. The summed E-state index contributed by atoms with van der Waals surface area (Å²) in [4.78, 5) is 28.0. The van der Waals surface area contributed by atoms with Crippen molar-refractivity contribution in [2.45, 2.75) is 20.3 Å². The fraction of sp³-hybridized carbons (Fsp3) is 0.417. The second-order valence-electron chi connectivity index (χ2n) is 7.53. The molecule has 1 aliphatic rings. The Labute approximate surface area is 183 Å². The molecule has 1 heterocycles. The molecular weight excluding hydrogens is 394 g/mol. The van der Waals surface area contributed by atoms with E-state index in [2.05, 4.69) is 12.2 Å². The van der Waals surface area contributed by atoms with E-state index in [1.165, 1.54) is 4.90 Å². The number of piperazine rings is 1. The van der Waals surface area contributed by atoms with Crippen molar-refractivity contribution in [2.24, 2.45) is 0 Å². The summed E-state index contributed by atoms with van der Waals surface area (Å²) in [5.74, 6) is 1.17. The van der Waals surface area contributed by atoms with E-state index in [1.807, 2.05) is 49.4 Å². The number of para-hydroxylation sites is 3. The summed E-state index contributed by atoms with van der Waals surface area (Å²) in [5.41, 5.74) is 2.01. The summed E-state index contributed by atoms with van der Waals surface area (Å²) in [6.45, 7) is 7.61. The van der Waals surface area contributed by atoms with Crippen LogP contribution in [0.1, 0.15) is 19.4 Å². The number of carbonyl (C=O) groups is 2. The molecule has 2 N–H and O–H groups in total. The molecule has 7 heteroatoms. The number of benzene rings is 2. The maximum absolute atomic E-state index is 12.6. The first-order chi connectivity index (χ1) is 15.1. The van der Waals surface area contributed by atoms with Gasteiger partial charge in [0.15, 0.2) is 24.7 Å². The average molecular weight is 427 g/mol. The molecule has 0 saturated carbocycles. The van der Waals surface area contributed by atoms with E-state index in [0.29, 0.717) is 37.7 Å². The van der Waals surface area contributed by atoms with Crippen molar-refractivity contribution in [2.75, 3.05) is 51.3 Å². The lowest BCUT2D eigenvalue weighted by molar-refractivity contribution is -0.895. The van der Waals surface area contributed by atoms with E-state index in [-0.39, 0.29) is 18.4 Å². The van der Waals surface area contributed by atoms with Gasteiger partial charge in [0.05, 0.1) is 32.8 Å². The van der Waals surface area contributed by atoms with Crippen LogP contribution < -0.4 is 19.7 Å². The summed E-state index contributed by atoms with van der Waals surface area (Å²) < 4.78 is 11.2. The van der Waals surface area contributed by atoms with Crippen LogP contribution in [0.5, 0.6) is 11.5 Å². The van der Waals surface area contributed by atoms with Gasteiger partial charge in [-0.05, 0) is 37.1 Å². The van der Waals surface area contributed by atoms with Gasteiger partial charge in [-0.1, -0.05) is 37.3 Å². The van der Waals surface area contributed by atoms with Crippen LogP contribution in [0.25, 0.3) is 0 Å². The molecule has 7 nitrogen and oxygen atoms in total. The number of nitrogens with zero attached hydrogens (tertiary/aromatic N) is 1. The lowest BCUT2D eigenvalue weighted by Crippen LogP contribution is -3.15. The molecule has 0 radical (unpaired) electrons. The Balaban J connectivity index is 1.43. The number of nitrogens with one attached hydrogen (secondary N) is 2. The number of aryl methyl sites for hydroxylation is 1. The Kier molecular flexibility index (Phi) is 8.29. The molecule has 2 aromatic carbocycles. The highest BCUT2D eigenvalue weighted by Gasteiger charge is 2.25. The van der Waals surface area contributed by atoms with Gasteiger partial charge in [-0.2, -0.15) is 0 Å². The highest BCUT2D eigenvalue weighted by Crippen LogP contribution is 2.26. The molecule has 1 fully saturated rings. The molecule has 1 saturated heterocycles. The zero-order valence-electron chi connectivity index (χ0n) is 18.4. The Morgan fingerprint density at radius 3 is 2.29 bits per heavy atom. The van der Waals surface area contributed by atoms with Crippen molar-refractivity contribution in [1.29, 1.82) is 0 Å². The van der Waals surface area contributed by atoms with Crippen LogP contribution >= 0.6 is 0 Å². The second-order valence-corrected chi connectivity index (χ2v) is 7.53. The van der Waals surface area contributed by atoms with Gasteiger partial charge < -0.3 is 24.6 Å². The third-order valence-corrected chi connectivity index (χ3v) is 5.41. The summed E-state index contributed by atoms with van der Waals surface area (Å²) >= 11 is 0. The molecule has 1 aliphatic heterocycles. The van der Waals surface area contributed by atoms with E-state index < -0.39 is 0 Å². The lowest BCUT2D eigenvalue weighted by Gasteiger charge is -2.31. The third-order valence-electron chi connectivity index (χ3n) is 5.41. The number of carbonyl (C=O) groups excluding carboxylic acids is 2. The predicted molar refractivity (Wildman–Crippen MR) is 120 cm³/mol. The first kappa shape index (κ1) is 22.6. The molecule has 0 atom stereocenters. The summed E-state index contributed by atoms with van der Waals surface area (Å²) in [7, 11) is 0. The van der Waals surface area contributed by atoms with Crippen LogP contribution in [0, 0.1) is 0 Å². The molecule has 166 valence electrons. The maximum Gasteiger partial charge on any atom is 0.279 e. The van der Waals surface area contributed by atoms with Gasteiger partial charge in [0.1, 0.15) is 0 Å². The van der Waals surface area contributed by atoms with E-state index in [4.69, 9.17) is 9.47 Å². The van der Waals surface area contributed by atoms with E-state index in [9.17, 15) is 9.59 Å². The van der Waals surface area contributed by atoms with Crippen molar-refractivity contribution in [3.05, 3.63) is 54.1 Å². The standard InChI is InChI=1S/C24H31N3O4/c1-3-19-9-5-6-10-20(19)25-23(28)17-26-13-15-27(16-14-26)24(29)18-31-22-12-8-7-11-21(22)30-4-2/h5-12H,3-4,13-18H2,1-2H3,(H,25,28)/p+1. The van der Waals surface area contributed by atoms with Crippen LogP contribution in [-0.4, -0.2) is 62.7 Å². The number of quaternary nitrogens is 1. The topological polar surface area (TPSA) is 72.3 Å². The first-order valence-corrected chi connectivity index (χ1v) is 10.9. The van der Waals surface area contributed by atoms with Gasteiger partial charge in [0.2, 0.25) is 0 Å². The molecule has 31 heavy (non-hydrogen) atoms. The van der Waals surface area contributed by atoms with Crippen molar-refractivity contribution in [3.63, 3.8) is 0 Å². The van der Waals surface area contributed by atoms with Gasteiger partial charge in [0.25, 0.3) is 11.8 Å². The molecule has 0 spiro atoms. The number of hydrogen-bond donors (Lipinski definition) is 2. The summed E-state index contributed by atoms with van der Waals surface area (Å²) in [6.07, 6.45) is 0.876. The minimum absolute atomic E-state index is 0.00606. The quantitative estimate of drug-likeness (QED) is 0.636. The third kappa shape index (κ3) is 6.46. The minimum atomic E-state index is -0.0494. The van der Waals surface area contributed by atoms with Gasteiger partial charge in [0, 0.05) is 5.69 Å². The van der Waals surface area contributed by atoms with E-state index >= 15 is 0 Å². The van der Waals surface area contributed by atoms with Gasteiger partial charge >= 0.3 is 0 Å². The predicted octanol–water partition coefficient (Wildman–Crippen LogP) is 1.39. The summed E-state index contributed by atoms with van der Waals surface area (Å²) in [6, 6.07) is 15.2. The molecule has 0 bridgehead atoms. The average Bonchev–Trinajstić information content (AvgIpc) is 2.79. The highest BCUT2D eigenvalue weighted by molar-refractivity contribution is 5.92.